The second-order valence-corrected chi connectivity index (χ2v) is 9.84. The number of hydrogen-bond acceptors (Lipinski definition) is 5. The Hall–Kier alpha value is -2.97. The lowest BCUT2D eigenvalue weighted by Crippen LogP contribution is -2.48. The molecule has 0 aliphatic carbocycles. The first-order valence-electron chi connectivity index (χ1n) is 11.0. The van der Waals surface area contributed by atoms with Crippen LogP contribution in [0.2, 0.25) is 0 Å². The molecule has 0 bridgehead atoms. The third-order valence-electron chi connectivity index (χ3n) is 4.59. The van der Waals surface area contributed by atoms with Crippen LogP contribution in [0.25, 0.3) is 6.08 Å². The van der Waals surface area contributed by atoms with E-state index in [9.17, 15) is 18.0 Å². The molecular weight excluding hydrogens is 440 g/mol. The fourth-order valence-electron chi connectivity index (χ4n) is 2.90. The highest BCUT2D eigenvalue weighted by atomic mass is 32.2. The van der Waals surface area contributed by atoms with Crippen LogP contribution in [0.3, 0.4) is 0 Å². The number of rotatable bonds is 13. The van der Waals surface area contributed by atoms with Gasteiger partial charge in [-0.15, -0.1) is 0 Å². The average molecular weight is 473 g/mol. The van der Waals surface area contributed by atoms with Gasteiger partial charge in [0, 0.05) is 19.0 Å². The van der Waals surface area contributed by atoms with Gasteiger partial charge in [-0.05, 0) is 29.5 Å². The van der Waals surface area contributed by atoms with Crippen molar-refractivity contribution in [2.24, 2.45) is 5.92 Å². The molecule has 1 atom stereocenters. The molecule has 0 spiro atoms. The van der Waals surface area contributed by atoms with Gasteiger partial charge in [0.1, 0.15) is 6.04 Å². The summed E-state index contributed by atoms with van der Waals surface area (Å²) in [7, 11) is -3.63. The van der Waals surface area contributed by atoms with E-state index in [1.807, 2.05) is 74.5 Å². The molecule has 2 N–H and O–H groups in total. The first-order valence-corrected chi connectivity index (χ1v) is 12.6. The summed E-state index contributed by atoms with van der Waals surface area (Å²) in [6, 6.07) is 17.9. The molecule has 8 heteroatoms. The predicted octanol–water partition coefficient (Wildman–Crippen LogP) is 2.94. The van der Waals surface area contributed by atoms with Crippen LogP contribution in [0.15, 0.2) is 66.7 Å². The van der Waals surface area contributed by atoms with E-state index in [0.717, 1.165) is 11.1 Å². The fraction of sp³-hybridized carbons (Fsp3) is 0.360. The Morgan fingerprint density at radius 3 is 2.27 bits per heavy atom. The summed E-state index contributed by atoms with van der Waals surface area (Å²) in [4.78, 5) is 25.2. The molecule has 0 radical (unpaired) electrons. The SMILES string of the molecule is CC(C)COS(=O)(=O)CCCNC(=O)[C@H](Cc1ccccc1)NC(=O)/C=C/c1ccccc1. The fourth-order valence-corrected chi connectivity index (χ4v) is 3.99. The standard InChI is InChI=1S/C25H32N2O5S/c1-20(2)19-32-33(30,31)17-9-16-26-25(29)23(18-22-12-7-4-8-13-22)27-24(28)15-14-21-10-5-3-6-11-21/h3-8,10-15,20,23H,9,16-19H2,1-2H3,(H,26,29)(H,27,28)/b15-14+/t23-/m0/s1. The smallest absolute Gasteiger partial charge is 0.267 e. The average Bonchev–Trinajstić information content (AvgIpc) is 2.80. The summed E-state index contributed by atoms with van der Waals surface area (Å²) < 4.78 is 28.7. The Kier molecular flexibility index (Phi) is 10.8. The highest BCUT2D eigenvalue weighted by Crippen LogP contribution is 2.06. The molecule has 178 valence electrons. The first kappa shape index (κ1) is 26.3. The Balaban J connectivity index is 1.93. The third-order valence-corrected chi connectivity index (χ3v) is 5.88. The van der Waals surface area contributed by atoms with Gasteiger partial charge in [-0.1, -0.05) is 74.5 Å². The van der Waals surface area contributed by atoms with Crippen LogP contribution in [-0.4, -0.2) is 45.2 Å². The molecule has 2 aromatic carbocycles. The molecule has 2 aromatic rings. The molecule has 0 fully saturated rings. The van der Waals surface area contributed by atoms with Crippen molar-refractivity contribution in [3.8, 4) is 0 Å². The lowest BCUT2D eigenvalue weighted by molar-refractivity contribution is -0.127. The lowest BCUT2D eigenvalue weighted by Gasteiger charge is -2.18. The van der Waals surface area contributed by atoms with Crippen LogP contribution in [-0.2, 0) is 30.3 Å². The molecule has 2 rings (SSSR count). The van der Waals surface area contributed by atoms with E-state index >= 15 is 0 Å². The topological polar surface area (TPSA) is 102 Å². The van der Waals surface area contributed by atoms with Crippen molar-refractivity contribution in [3.05, 3.63) is 77.9 Å². The van der Waals surface area contributed by atoms with Gasteiger partial charge >= 0.3 is 0 Å². The Labute approximate surface area is 196 Å². The molecule has 0 saturated carbocycles. The van der Waals surface area contributed by atoms with Crippen molar-refractivity contribution < 1.29 is 22.2 Å². The van der Waals surface area contributed by atoms with Gasteiger partial charge in [0.05, 0.1) is 12.4 Å². The summed E-state index contributed by atoms with van der Waals surface area (Å²) >= 11 is 0. The Bertz CT molecular complexity index is 1010. The highest BCUT2D eigenvalue weighted by molar-refractivity contribution is 7.86. The molecule has 0 unspecified atom stereocenters. The molecule has 0 aliphatic rings. The van der Waals surface area contributed by atoms with E-state index in [-0.39, 0.29) is 43.1 Å². The molecular formula is C25H32N2O5S. The summed E-state index contributed by atoms with van der Waals surface area (Å²) in [6.07, 6.45) is 3.59. The van der Waals surface area contributed by atoms with Crippen molar-refractivity contribution in [2.75, 3.05) is 18.9 Å². The zero-order valence-electron chi connectivity index (χ0n) is 19.1. The largest absolute Gasteiger partial charge is 0.354 e. The van der Waals surface area contributed by atoms with Crippen molar-refractivity contribution >= 4 is 28.0 Å². The minimum atomic E-state index is -3.63. The predicted molar refractivity (Wildman–Crippen MR) is 130 cm³/mol. The van der Waals surface area contributed by atoms with Crippen molar-refractivity contribution in [3.63, 3.8) is 0 Å². The minimum absolute atomic E-state index is 0.109. The van der Waals surface area contributed by atoms with Gasteiger partial charge in [-0.25, -0.2) is 0 Å². The quantitative estimate of drug-likeness (QED) is 0.265. The molecule has 7 nitrogen and oxygen atoms in total. The van der Waals surface area contributed by atoms with Gasteiger partial charge in [-0.2, -0.15) is 8.42 Å². The van der Waals surface area contributed by atoms with Crippen LogP contribution in [0, 0.1) is 5.92 Å². The van der Waals surface area contributed by atoms with E-state index in [0.29, 0.717) is 6.42 Å². The number of carbonyl (C=O) groups is 2. The zero-order valence-corrected chi connectivity index (χ0v) is 19.9. The second-order valence-electron chi connectivity index (χ2n) is 8.08. The summed E-state index contributed by atoms with van der Waals surface area (Å²) in [5.41, 5.74) is 1.77. The molecule has 0 aromatic heterocycles. The minimum Gasteiger partial charge on any atom is -0.354 e. The zero-order chi connectivity index (χ0) is 24.1. The maximum atomic E-state index is 12.8. The molecule has 2 amide bonds. The van der Waals surface area contributed by atoms with Crippen LogP contribution < -0.4 is 10.6 Å². The van der Waals surface area contributed by atoms with Gasteiger partial charge in [0.15, 0.2) is 0 Å². The number of benzene rings is 2. The van der Waals surface area contributed by atoms with Crippen LogP contribution in [0.5, 0.6) is 0 Å². The number of amides is 2. The van der Waals surface area contributed by atoms with E-state index in [1.165, 1.54) is 6.08 Å². The van der Waals surface area contributed by atoms with Crippen molar-refractivity contribution in [1.29, 1.82) is 0 Å². The van der Waals surface area contributed by atoms with E-state index < -0.39 is 16.2 Å². The first-order chi connectivity index (χ1) is 15.7. The highest BCUT2D eigenvalue weighted by Gasteiger charge is 2.20. The van der Waals surface area contributed by atoms with Crippen molar-refractivity contribution in [2.45, 2.75) is 32.7 Å². The van der Waals surface area contributed by atoms with E-state index in [2.05, 4.69) is 10.6 Å². The normalized spacial score (nSPS) is 12.6. The summed E-state index contributed by atoms with van der Waals surface area (Å²) in [5, 5.41) is 5.47. The summed E-state index contributed by atoms with van der Waals surface area (Å²) in [5.74, 6) is -0.839. The van der Waals surface area contributed by atoms with E-state index in [4.69, 9.17) is 4.18 Å². The Morgan fingerprint density at radius 2 is 1.64 bits per heavy atom. The third kappa shape index (κ3) is 10.9. The monoisotopic (exact) mass is 472 g/mol. The summed E-state index contributed by atoms with van der Waals surface area (Å²) in [6.45, 7) is 4.03. The lowest BCUT2D eigenvalue weighted by atomic mass is 10.1. The van der Waals surface area contributed by atoms with Crippen LogP contribution >= 0.6 is 0 Å². The second kappa shape index (κ2) is 13.5. The molecule has 0 heterocycles. The van der Waals surface area contributed by atoms with Crippen LogP contribution in [0.1, 0.15) is 31.4 Å². The maximum absolute atomic E-state index is 12.8. The number of hydrogen-bond donors (Lipinski definition) is 2. The number of carbonyl (C=O) groups excluding carboxylic acids is 2. The number of nitrogens with one attached hydrogen (secondary N) is 2. The Morgan fingerprint density at radius 1 is 1.00 bits per heavy atom. The van der Waals surface area contributed by atoms with Gasteiger partial charge < -0.3 is 10.6 Å². The molecule has 0 aliphatic heterocycles. The van der Waals surface area contributed by atoms with Gasteiger partial charge in [0.2, 0.25) is 11.8 Å². The molecule has 33 heavy (non-hydrogen) atoms. The maximum Gasteiger partial charge on any atom is 0.267 e. The van der Waals surface area contributed by atoms with Gasteiger partial charge in [0.25, 0.3) is 10.1 Å². The van der Waals surface area contributed by atoms with Crippen molar-refractivity contribution in [1.82, 2.24) is 10.6 Å². The van der Waals surface area contributed by atoms with Crippen LogP contribution in [0.4, 0.5) is 0 Å². The molecule has 0 saturated heterocycles. The van der Waals surface area contributed by atoms with E-state index in [1.54, 1.807) is 6.08 Å². The van der Waals surface area contributed by atoms with Gasteiger partial charge in [-0.3, -0.25) is 13.8 Å².